The summed E-state index contributed by atoms with van der Waals surface area (Å²) in [7, 11) is 0. The van der Waals surface area contributed by atoms with Gasteiger partial charge in [0, 0.05) is 37.7 Å². The summed E-state index contributed by atoms with van der Waals surface area (Å²) >= 11 is 3.57. The average Bonchev–Trinajstić information content (AvgIpc) is 3.24. The predicted molar refractivity (Wildman–Crippen MR) is 91.6 cm³/mol. The molecule has 22 heavy (non-hydrogen) atoms. The van der Waals surface area contributed by atoms with Crippen LogP contribution in [0.25, 0.3) is 10.2 Å². The Labute approximate surface area is 137 Å². The Morgan fingerprint density at radius 3 is 2.95 bits per heavy atom. The first-order valence-corrected chi connectivity index (χ1v) is 9.66. The maximum atomic E-state index is 12.7. The number of fused-ring (bicyclic) bond motifs is 1. The van der Waals surface area contributed by atoms with Crippen molar-refractivity contribution >= 4 is 45.0 Å². The van der Waals surface area contributed by atoms with Crippen LogP contribution in [0.15, 0.2) is 17.8 Å². The van der Waals surface area contributed by atoms with Gasteiger partial charge in [-0.25, -0.2) is 9.97 Å². The molecule has 2 aliphatic rings. The zero-order valence-corrected chi connectivity index (χ0v) is 13.9. The van der Waals surface area contributed by atoms with E-state index in [0.29, 0.717) is 5.91 Å². The van der Waals surface area contributed by atoms with Gasteiger partial charge in [-0.05, 0) is 17.9 Å². The summed E-state index contributed by atoms with van der Waals surface area (Å²) in [6.07, 6.45) is 2.56. The molecule has 0 bridgehead atoms. The van der Waals surface area contributed by atoms with E-state index >= 15 is 0 Å². The molecule has 0 spiro atoms. The van der Waals surface area contributed by atoms with Crippen molar-refractivity contribution in [2.45, 2.75) is 6.42 Å². The molecule has 0 aliphatic carbocycles. The SMILES string of the molecule is O=C(C1CCN(c2ncnc3sccc23)C1)N1CCSCC1. The third-order valence-corrected chi connectivity index (χ3v) is 6.16. The van der Waals surface area contributed by atoms with Crippen LogP contribution in [0.3, 0.4) is 0 Å². The van der Waals surface area contributed by atoms with Crippen molar-refractivity contribution < 1.29 is 4.79 Å². The number of aromatic nitrogens is 2. The summed E-state index contributed by atoms with van der Waals surface area (Å²) in [6.45, 7) is 3.50. The molecule has 0 N–H and O–H groups in total. The molecule has 0 aromatic carbocycles. The van der Waals surface area contributed by atoms with Crippen LogP contribution >= 0.6 is 23.1 Å². The van der Waals surface area contributed by atoms with E-state index in [1.807, 2.05) is 22.0 Å². The summed E-state index contributed by atoms with van der Waals surface area (Å²) in [6, 6.07) is 2.08. The van der Waals surface area contributed by atoms with E-state index in [2.05, 4.69) is 20.9 Å². The van der Waals surface area contributed by atoms with Crippen LogP contribution in [0.5, 0.6) is 0 Å². The Morgan fingerprint density at radius 2 is 2.09 bits per heavy atom. The lowest BCUT2D eigenvalue weighted by molar-refractivity contribution is -0.134. The number of thiophene rings is 1. The van der Waals surface area contributed by atoms with Crippen molar-refractivity contribution in [2.75, 3.05) is 42.6 Å². The van der Waals surface area contributed by atoms with Crippen molar-refractivity contribution in [1.82, 2.24) is 14.9 Å². The van der Waals surface area contributed by atoms with Crippen LogP contribution in [0.2, 0.25) is 0 Å². The Kier molecular flexibility index (Phi) is 3.92. The Balaban J connectivity index is 1.50. The topological polar surface area (TPSA) is 49.3 Å². The number of rotatable bonds is 2. The molecular formula is C15H18N4OS2. The van der Waals surface area contributed by atoms with Crippen LogP contribution in [0.4, 0.5) is 5.82 Å². The molecule has 0 radical (unpaired) electrons. The number of amides is 1. The van der Waals surface area contributed by atoms with Gasteiger partial charge < -0.3 is 9.80 Å². The first-order chi connectivity index (χ1) is 10.8. The average molecular weight is 334 g/mol. The molecule has 1 amide bonds. The van der Waals surface area contributed by atoms with E-state index < -0.39 is 0 Å². The molecule has 116 valence electrons. The van der Waals surface area contributed by atoms with Gasteiger partial charge >= 0.3 is 0 Å². The van der Waals surface area contributed by atoms with Gasteiger partial charge in [0.15, 0.2) is 0 Å². The van der Waals surface area contributed by atoms with Crippen LogP contribution < -0.4 is 4.90 Å². The lowest BCUT2D eigenvalue weighted by atomic mass is 10.1. The maximum absolute atomic E-state index is 12.7. The number of hydrogen-bond donors (Lipinski definition) is 0. The number of carbonyl (C=O) groups excluding carboxylic acids is 1. The third-order valence-electron chi connectivity index (χ3n) is 4.40. The van der Waals surface area contributed by atoms with Gasteiger partial charge in [0.05, 0.1) is 11.3 Å². The first-order valence-electron chi connectivity index (χ1n) is 7.62. The van der Waals surface area contributed by atoms with Gasteiger partial charge in [-0.3, -0.25) is 4.79 Å². The number of anilines is 1. The van der Waals surface area contributed by atoms with Crippen LogP contribution in [0.1, 0.15) is 6.42 Å². The monoisotopic (exact) mass is 334 g/mol. The van der Waals surface area contributed by atoms with E-state index in [4.69, 9.17) is 0 Å². The number of thioether (sulfide) groups is 1. The molecule has 0 saturated carbocycles. The van der Waals surface area contributed by atoms with Crippen LogP contribution in [-0.2, 0) is 4.79 Å². The molecule has 7 heteroatoms. The van der Waals surface area contributed by atoms with Gasteiger partial charge in [-0.15, -0.1) is 11.3 Å². The van der Waals surface area contributed by atoms with Gasteiger partial charge in [-0.1, -0.05) is 0 Å². The van der Waals surface area contributed by atoms with E-state index in [1.54, 1.807) is 17.7 Å². The lowest BCUT2D eigenvalue weighted by Crippen LogP contribution is -2.42. The normalized spacial score (nSPS) is 22.5. The van der Waals surface area contributed by atoms with E-state index in [-0.39, 0.29) is 5.92 Å². The fourth-order valence-electron chi connectivity index (χ4n) is 3.23. The lowest BCUT2D eigenvalue weighted by Gasteiger charge is -2.29. The standard InChI is InChI=1S/C15H18N4OS2/c20-15(18-4-7-21-8-5-18)11-1-3-19(9-11)13-12-2-6-22-14(12)17-10-16-13/h2,6,10-11H,1,3-5,7-9H2. The molecule has 4 rings (SSSR count). The van der Waals surface area contributed by atoms with Gasteiger partial charge in [0.2, 0.25) is 5.91 Å². The fraction of sp³-hybridized carbons (Fsp3) is 0.533. The second-order valence-electron chi connectivity index (χ2n) is 5.71. The predicted octanol–water partition coefficient (Wildman–Crippen LogP) is 2.09. The minimum Gasteiger partial charge on any atom is -0.355 e. The largest absolute Gasteiger partial charge is 0.355 e. The number of nitrogens with zero attached hydrogens (tertiary/aromatic N) is 4. The summed E-state index contributed by atoms with van der Waals surface area (Å²) in [5.74, 6) is 3.58. The van der Waals surface area contributed by atoms with Gasteiger partial charge in [-0.2, -0.15) is 11.8 Å². The zero-order valence-electron chi connectivity index (χ0n) is 12.3. The maximum Gasteiger partial charge on any atom is 0.227 e. The second-order valence-corrected chi connectivity index (χ2v) is 7.83. The van der Waals surface area contributed by atoms with Crippen molar-refractivity contribution in [1.29, 1.82) is 0 Å². The van der Waals surface area contributed by atoms with Crippen molar-refractivity contribution in [2.24, 2.45) is 5.92 Å². The fourth-order valence-corrected chi connectivity index (χ4v) is 4.86. The highest BCUT2D eigenvalue weighted by atomic mass is 32.2. The number of carbonyl (C=O) groups is 1. The van der Waals surface area contributed by atoms with E-state index in [0.717, 1.165) is 60.1 Å². The molecular weight excluding hydrogens is 316 g/mol. The van der Waals surface area contributed by atoms with Crippen molar-refractivity contribution in [3.05, 3.63) is 17.8 Å². The van der Waals surface area contributed by atoms with Gasteiger partial charge in [0.1, 0.15) is 17.0 Å². The minimum absolute atomic E-state index is 0.117. The Bertz CT molecular complexity index is 683. The molecule has 1 atom stereocenters. The van der Waals surface area contributed by atoms with Crippen LogP contribution in [0, 0.1) is 5.92 Å². The zero-order chi connectivity index (χ0) is 14.9. The third kappa shape index (κ3) is 2.56. The van der Waals surface area contributed by atoms with E-state index in [1.165, 1.54) is 0 Å². The molecule has 4 heterocycles. The molecule has 2 aromatic rings. The van der Waals surface area contributed by atoms with Gasteiger partial charge in [0.25, 0.3) is 0 Å². The Morgan fingerprint density at radius 1 is 1.23 bits per heavy atom. The van der Waals surface area contributed by atoms with Crippen molar-refractivity contribution in [3.8, 4) is 0 Å². The molecule has 5 nitrogen and oxygen atoms in total. The molecule has 1 unspecified atom stereocenters. The highest BCUT2D eigenvalue weighted by Crippen LogP contribution is 2.31. The smallest absolute Gasteiger partial charge is 0.227 e. The van der Waals surface area contributed by atoms with Crippen LogP contribution in [-0.4, -0.2) is 58.5 Å². The minimum atomic E-state index is 0.117. The second kappa shape index (κ2) is 6.04. The molecule has 2 fully saturated rings. The summed E-state index contributed by atoms with van der Waals surface area (Å²) in [5.41, 5.74) is 0. The summed E-state index contributed by atoms with van der Waals surface area (Å²) in [5, 5.41) is 3.16. The summed E-state index contributed by atoms with van der Waals surface area (Å²) < 4.78 is 0. The quantitative estimate of drug-likeness (QED) is 0.842. The highest BCUT2D eigenvalue weighted by molar-refractivity contribution is 7.99. The molecule has 2 aliphatic heterocycles. The van der Waals surface area contributed by atoms with E-state index in [9.17, 15) is 4.79 Å². The summed E-state index contributed by atoms with van der Waals surface area (Å²) in [4.78, 5) is 26.7. The molecule has 2 saturated heterocycles. The highest BCUT2D eigenvalue weighted by Gasteiger charge is 2.33. The first kappa shape index (κ1) is 14.3. The van der Waals surface area contributed by atoms with Crippen molar-refractivity contribution in [3.63, 3.8) is 0 Å². The molecule has 2 aromatic heterocycles. The Hall–Kier alpha value is -1.34. The number of hydrogen-bond acceptors (Lipinski definition) is 6.